The highest BCUT2D eigenvalue weighted by Gasteiger charge is 2.40. The minimum absolute atomic E-state index is 0.333. The quantitative estimate of drug-likeness (QED) is 0.612. The van der Waals surface area contributed by atoms with E-state index in [4.69, 9.17) is 11.6 Å². The van der Waals surface area contributed by atoms with Gasteiger partial charge in [0.1, 0.15) is 6.04 Å². The molecule has 1 aromatic heterocycles. The zero-order valence-electron chi connectivity index (χ0n) is 14.6. The van der Waals surface area contributed by atoms with Gasteiger partial charge in [-0.3, -0.25) is 20.0 Å². The van der Waals surface area contributed by atoms with E-state index >= 15 is 0 Å². The summed E-state index contributed by atoms with van der Waals surface area (Å²) in [5.41, 5.74) is 5.40. The van der Waals surface area contributed by atoms with Crippen molar-refractivity contribution in [3.63, 3.8) is 0 Å². The Kier molecular flexibility index (Phi) is 4.03. The maximum Gasteiger partial charge on any atom is 0.329 e. The van der Waals surface area contributed by atoms with Crippen molar-refractivity contribution in [2.24, 2.45) is 4.99 Å². The number of hydrogen-bond donors (Lipinski definition) is 1. The number of urea groups is 1. The number of amides is 3. The lowest BCUT2D eigenvalue weighted by atomic mass is 10.0. The van der Waals surface area contributed by atoms with Crippen LogP contribution in [0, 0.1) is 0 Å². The summed E-state index contributed by atoms with van der Waals surface area (Å²) in [7, 11) is 0. The number of anilines is 1. The molecule has 0 spiro atoms. The minimum Gasteiger partial charge on any atom is -0.277 e. The van der Waals surface area contributed by atoms with Crippen LogP contribution in [0.25, 0.3) is 11.1 Å². The summed E-state index contributed by atoms with van der Waals surface area (Å²) < 4.78 is 0.727. The van der Waals surface area contributed by atoms with Gasteiger partial charge in [0.05, 0.1) is 10.0 Å². The molecule has 28 heavy (non-hydrogen) atoms. The van der Waals surface area contributed by atoms with Gasteiger partial charge in [-0.2, -0.15) is 0 Å². The molecule has 0 saturated carbocycles. The molecule has 3 aromatic rings. The van der Waals surface area contributed by atoms with Gasteiger partial charge in [-0.05, 0) is 40.5 Å². The van der Waals surface area contributed by atoms with E-state index in [2.05, 4.69) is 10.3 Å². The van der Waals surface area contributed by atoms with Crippen LogP contribution in [0.2, 0.25) is 4.34 Å². The molecule has 0 radical (unpaired) electrons. The van der Waals surface area contributed by atoms with Crippen molar-refractivity contribution >= 4 is 52.5 Å². The van der Waals surface area contributed by atoms with Crippen LogP contribution >= 0.6 is 22.9 Å². The summed E-state index contributed by atoms with van der Waals surface area (Å²) in [6.07, 6.45) is 2.63. The first kappa shape index (κ1) is 17.2. The van der Waals surface area contributed by atoms with Gasteiger partial charge in [0.15, 0.2) is 0 Å². The molecular weight excluding hydrogens is 394 g/mol. The van der Waals surface area contributed by atoms with Crippen LogP contribution in [0.1, 0.15) is 17.2 Å². The largest absolute Gasteiger partial charge is 0.329 e. The summed E-state index contributed by atoms with van der Waals surface area (Å²) in [4.78, 5) is 30.9. The van der Waals surface area contributed by atoms with E-state index < -0.39 is 12.1 Å². The second kappa shape index (κ2) is 6.58. The number of halogens is 1. The number of aliphatic imine (C=N–C) groups is 1. The Morgan fingerprint density at radius 1 is 1.07 bits per heavy atom. The number of benzene rings is 2. The molecule has 5 nitrogen and oxygen atoms in total. The summed E-state index contributed by atoms with van der Waals surface area (Å²) in [5, 5.41) is 4.41. The Bertz CT molecular complexity index is 1140. The summed E-state index contributed by atoms with van der Waals surface area (Å²) >= 11 is 7.49. The maximum atomic E-state index is 12.5. The Labute approximate surface area is 170 Å². The smallest absolute Gasteiger partial charge is 0.277 e. The van der Waals surface area contributed by atoms with Crippen molar-refractivity contribution in [1.29, 1.82) is 0 Å². The molecule has 2 aliphatic heterocycles. The number of fused-ring (bicyclic) bond motifs is 1. The van der Waals surface area contributed by atoms with Crippen molar-refractivity contribution in [2.75, 3.05) is 4.90 Å². The Morgan fingerprint density at radius 3 is 2.64 bits per heavy atom. The fourth-order valence-corrected chi connectivity index (χ4v) is 4.48. The van der Waals surface area contributed by atoms with E-state index in [-0.39, 0.29) is 5.91 Å². The summed E-state index contributed by atoms with van der Waals surface area (Å²) in [6.45, 7) is 0. The zero-order valence-corrected chi connectivity index (χ0v) is 16.1. The average Bonchev–Trinajstić information content (AvgIpc) is 3.40. The monoisotopic (exact) mass is 407 g/mol. The summed E-state index contributed by atoms with van der Waals surface area (Å²) in [5.74, 6) is -0.333. The second-order valence-corrected chi connectivity index (χ2v) is 8.20. The third-order valence-electron chi connectivity index (χ3n) is 4.97. The van der Waals surface area contributed by atoms with Crippen molar-refractivity contribution in [2.45, 2.75) is 12.5 Å². The highest BCUT2D eigenvalue weighted by molar-refractivity contribution is 7.14. The van der Waals surface area contributed by atoms with Crippen LogP contribution in [-0.2, 0) is 11.2 Å². The van der Waals surface area contributed by atoms with E-state index in [0.717, 1.165) is 38.7 Å². The molecule has 1 atom stereocenters. The number of nitrogens with one attached hydrogen (secondary N) is 1. The third-order valence-corrected chi connectivity index (χ3v) is 6.06. The molecular formula is C21H14ClN3O2S. The lowest BCUT2D eigenvalue weighted by molar-refractivity contribution is -0.119. The Morgan fingerprint density at radius 2 is 1.89 bits per heavy atom. The molecule has 7 heteroatoms. The van der Waals surface area contributed by atoms with Gasteiger partial charge in [0, 0.05) is 23.7 Å². The van der Waals surface area contributed by atoms with Crippen LogP contribution in [0.4, 0.5) is 16.2 Å². The summed E-state index contributed by atoms with van der Waals surface area (Å²) in [6, 6.07) is 14.1. The Hall–Kier alpha value is -2.96. The highest BCUT2D eigenvalue weighted by Crippen LogP contribution is 2.37. The van der Waals surface area contributed by atoms with E-state index in [9.17, 15) is 9.59 Å². The minimum atomic E-state index is -0.712. The lowest BCUT2D eigenvalue weighted by Crippen LogP contribution is -2.29. The molecule has 1 fully saturated rings. The predicted molar refractivity (Wildman–Crippen MR) is 112 cm³/mol. The van der Waals surface area contributed by atoms with Crippen LogP contribution in [0.15, 0.2) is 58.9 Å². The highest BCUT2D eigenvalue weighted by atomic mass is 35.5. The van der Waals surface area contributed by atoms with Crippen LogP contribution < -0.4 is 10.2 Å². The Balaban J connectivity index is 1.51. The molecule has 1 saturated heterocycles. The number of nitrogens with zero attached hydrogens (tertiary/aromatic N) is 2. The fourth-order valence-electron chi connectivity index (χ4n) is 3.59. The second-order valence-electron chi connectivity index (χ2n) is 6.66. The van der Waals surface area contributed by atoms with Gasteiger partial charge in [-0.25, -0.2) is 4.79 Å². The third kappa shape index (κ3) is 2.82. The molecule has 2 aromatic carbocycles. The molecule has 5 rings (SSSR count). The molecule has 0 bridgehead atoms. The predicted octanol–water partition coefficient (Wildman–Crippen LogP) is 5.12. The molecule has 2 aliphatic rings. The van der Waals surface area contributed by atoms with E-state index in [1.54, 1.807) is 0 Å². The van der Waals surface area contributed by atoms with Crippen LogP contribution in [0.3, 0.4) is 0 Å². The number of imide groups is 1. The number of carbonyl (C=O) groups excluding carboxylic acids is 2. The van der Waals surface area contributed by atoms with Crippen molar-refractivity contribution in [1.82, 2.24) is 5.32 Å². The van der Waals surface area contributed by atoms with Gasteiger partial charge in [-0.15, -0.1) is 11.3 Å². The fraction of sp³-hybridized carbons (Fsp3) is 0.0952. The molecule has 1 N–H and O–H groups in total. The standard InChI is InChI=1S/C21H14ClN3O2S/c22-18-9-15(11-28-18)12-1-3-14(4-2-12)19-20(26)24-21(27)25(19)16-6-5-13-7-8-23-17(13)10-16/h1-6,8-11,19H,7H2,(H,24,26,27). The molecule has 1 unspecified atom stereocenters. The van der Waals surface area contributed by atoms with Crippen molar-refractivity contribution in [3.8, 4) is 11.1 Å². The number of rotatable bonds is 3. The van der Waals surface area contributed by atoms with Crippen molar-refractivity contribution < 1.29 is 9.59 Å². The van der Waals surface area contributed by atoms with Gasteiger partial charge in [0.25, 0.3) is 5.91 Å². The number of carbonyl (C=O) groups is 2. The first-order chi connectivity index (χ1) is 13.6. The molecule has 3 heterocycles. The van der Waals surface area contributed by atoms with Gasteiger partial charge >= 0.3 is 6.03 Å². The number of hydrogen-bond acceptors (Lipinski definition) is 4. The van der Waals surface area contributed by atoms with E-state index in [1.165, 1.54) is 16.2 Å². The first-order valence-corrected chi connectivity index (χ1v) is 10.00. The van der Waals surface area contributed by atoms with Crippen molar-refractivity contribution in [3.05, 3.63) is 69.4 Å². The number of thiophene rings is 1. The first-order valence-electron chi connectivity index (χ1n) is 8.74. The van der Waals surface area contributed by atoms with Crippen LogP contribution in [0.5, 0.6) is 0 Å². The SMILES string of the molecule is O=C1NC(=O)N(c2ccc3c(c2)N=CC3)C1c1ccc(-c2csc(Cl)c2)cc1. The molecule has 3 amide bonds. The van der Waals surface area contributed by atoms with Gasteiger partial charge in [-0.1, -0.05) is 41.9 Å². The van der Waals surface area contributed by atoms with Crippen LogP contribution in [-0.4, -0.2) is 18.2 Å². The average molecular weight is 408 g/mol. The lowest BCUT2D eigenvalue weighted by Gasteiger charge is -2.22. The molecule has 138 valence electrons. The zero-order chi connectivity index (χ0) is 19.3. The molecule has 0 aliphatic carbocycles. The maximum absolute atomic E-state index is 12.5. The van der Waals surface area contributed by atoms with Gasteiger partial charge in [0.2, 0.25) is 0 Å². The van der Waals surface area contributed by atoms with Gasteiger partial charge < -0.3 is 0 Å². The topological polar surface area (TPSA) is 61.8 Å². The van der Waals surface area contributed by atoms with E-state index in [0.29, 0.717) is 5.69 Å². The normalized spacial score (nSPS) is 17.9. The van der Waals surface area contributed by atoms with E-state index in [1.807, 2.05) is 60.1 Å².